The minimum Gasteiger partial charge on any atom is -0.481 e. The van der Waals surface area contributed by atoms with Gasteiger partial charge in [0.2, 0.25) is 11.6 Å². The van der Waals surface area contributed by atoms with Gasteiger partial charge in [-0.05, 0) is 91.3 Å². The number of hydrogen-bond donors (Lipinski definition) is 1. The maximum absolute atomic E-state index is 12.5. The molecule has 0 aromatic heterocycles. The summed E-state index contributed by atoms with van der Waals surface area (Å²) in [4.78, 5) is 37.2. The van der Waals surface area contributed by atoms with Gasteiger partial charge < -0.3 is 5.11 Å². The normalized spacial score (nSPS) is 49.0. The Hall–Kier alpha value is -1.97. The first kappa shape index (κ1) is 22.8. The highest BCUT2D eigenvalue weighted by atomic mass is 16.4. The Morgan fingerprint density at radius 2 is 1.61 bits per heavy atom. The lowest BCUT2D eigenvalue weighted by atomic mass is 9.34. The summed E-state index contributed by atoms with van der Waals surface area (Å²) in [5.41, 5.74) is 2.64. The molecule has 1 N–H and O–H groups in total. The maximum Gasteiger partial charge on any atom is 0.309 e. The zero-order chi connectivity index (χ0) is 24.2. The van der Waals surface area contributed by atoms with E-state index in [4.69, 9.17) is 0 Å². The van der Waals surface area contributed by atoms with Crippen molar-refractivity contribution in [1.82, 2.24) is 0 Å². The number of rotatable bonds is 1. The summed E-state index contributed by atoms with van der Waals surface area (Å²) in [6, 6.07) is 0. The van der Waals surface area contributed by atoms with Crippen LogP contribution in [0, 0.1) is 38.9 Å². The fraction of sp³-hybridized carbons (Fsp3) is 0.690. The van der Waals surface area contributed by atoms with Crippen LogP contribution in [-0.4, -0.2) is 22.6 Å². The van der Waals surface area contributed by atoms with Crippen molar-refractivity contribution >= 4 is 17.5 Å². The fourth-order valence-electron chi connectivity index (χ4n) is 8.78. The number of hydrogen-bond acceptors (Lipinski definition) is 3. The number of carbonyl (C=O) groups excluding carboxylic acids is 2. The van der Waals surface area contributed by atoms with Gasteiger partial charge in [0.25, 0.3) is 0 Å². The quantitative estimate of drug-likeness (QED) is 0.492. The highest BCUT2D eigenvalue weighted by Crippen LogP contribution is 2.75. The Bertz CT molecular complexity index is 1080. The summed E-state index contributed by atoms with van der Waals surface area (Å²) < 4.78 is 0. The van der Waals surface area contributed by atoms with Crippen molar-refractivity contribution in [2.75, 3.05) is 0 Å². The van der Waals surface area contributed by atoms with E-state index in [1.54, 1.807) is 6.08 Å². The first-order chi connectivity index (χ1) is 15.2. The van der Waals surface area contributed by atoms with Crippen molar-refractivity contribution in [2.45, 2.75) is 86.5 Å². The molecule has 0 heterocycles. The third-order valence-electron chi connectivity index (χ3n) is 11.5. The summed E-state index contributed by atoms with van der Waals surface area (Å²) in [7, 11) is 0. The smallest absolute Gasteiger partial charge is 0.309 e. The molecule has 5 aliphatic carbocycles. The molecule has 0 spiro atoms. The van der Waals surface area contributed by atoms with E-state index in [1.807, 2.05) is 13.8 Å². The lowest BCUT2D eigenvalue weighted by molar-refractivity contribution is -0.178. The Balaban J connectivity index is 1.64. The van der Waals surface area contributed by atoms with Crippen molar-refractivity contribution < 1.29 is 19.5 Å². The molecule has 0 aromatic carbocycles. The molecular weight excluding hydrogens is 412 g/mol. The maximum atomic E-state index is 12.5. The summed E-state index contributed by atoms with van der Waals surface area (Å²) >= 11 is 0. The van der Waals surface area contributed by atoms with Crippen LogP contribution in [0.3, 0.4) is 0 Å². The summed E-state index contributed by atoms with van der Waals surface area (Å²) in [5.74, 6) is -1.36. The number of allylic oxidation sites excluding steroid dienone is 6. The number of carboxylic acid groups (broad SMARTS) is 1. The molecule has 7 atom stereocenters. The molecular formula is C29H38O4. The van der Waals surface area contributed by atoms with Gasteiger partial charge in [-0.2, -0.15) is 0 Å². The minimum absolute atomic E-state index is 0.00547. The van der Waals surface area contributed by atoms with Gasteiger partial charge in [0.1, 0.15) is 0 Å². The molecule has 5 aliphatic rings. The Morgan fingerprint density at radius 1 is 0.939 bits per heavy atom. The Morgan fingerprint density at radius 3 is 2.27 bits per heavy atom. The molecule has 0 saturated heterocycles. The molecule has 1 unspecified atom stereocenters. The number of ketones is 2. The highest BCUT2D eigenvalue weighted by Gasteiger charge is 2.67. The summed E-state index contributed by atoms with van der Waals surface area (Å²) in [5, 5.41) is 10.1. The third-order valence-corrected chi connectivity index (χ3v) is 11.5. The van der Waals surface area contributed by atoms with E-state index in [2.05, 4.69) is 39.8 Å². The van der Waals surface area contributed by atoms with Crippen molar-refractivity contribution in [3.8, 4) is 0 Å². The lowest BCUT2D eigenvalue weighted by Gasteiger charge is -2.70. The molecule has 0 amide bonds. The molecule has 3 fully saturated rings. The standard InChI is InChI=1S/C29H38O4/c1-17-18-7-8-21-27(4,19(18)15-20(30)23(17)31)12-14-29(6)22-16-26(3,24(32)33)10-9-25(22,2)11-13-28(21,29)5/h7-8,15,17,22H,9-14,16H2,1-6H3,(H,32,33)/t17?,22-,25-,26-,27+,28-,29+/m0/s1. The minimum atomic E-state index is -0.658. The molecule has 0 bridgehead atoms. The third kappa shape index (κ3) is 2.67. The van der Waals surface area contributed by atoms with Crippen LogP contribution < -0.4 is 0 Å². The van der Waals surface area contributed by atoms with E-state index >= 15 is 0 Å². The largest absolute Gasteiger partial charge is 0.481 e. The van der Waals surface area contributed by atoms with Crippen molar-refractivity contribution in [3.05, 3.63) is 34.9 Å². The van der Waals surface area contributed by atoms with E-state index in [-0.39, 0.29) is 39.1 Å². The van der Waals surface area contributed by atoms with E-state index in [0.29, 0.717) is 5.92 Å². The summed E-state index contributed by atoms with van der Waals surface area (Å²) in [6.45, 7) is 13.3. The zero-order valence-electron chi connectivity index (χ0n) is 21.0. The topological polar surface area (TPSA) is 71.4 Å². The zero-order valence-corrected chi connectivity index (χ0v) is 21.0. The number of aliphatic carboxylic acids is 1. The van der Waals surface area contributed by atoms with E-state index < -0.39 is 11.4 Å². The van der Waals surface area contributed by atoms with Gasteiger partial charge in [0.15, 0.2) is 0 Å². The second kappa shape index (κ2) is 6.58. The Labute approximate surface area is 197 Å². The van der Waals surface area contributed by atoms with Gasteiger partial charge in [-0.25, -0.2) is 0 Å². The van der Waals surface area contributed by atoms with Crippen LogP contribution in [0.1, 0.15) is 86.5 Å². The predicted octanol–water partition coefficient (Wildman–Crippen LogP) is 6.07. The number of carboxylic acids is 1. The van der Waals surface area contributed by atoms with Gasteiger partial charge in [0.05, 0.1) is 5.41 Å². The lowest BCUT2D eigenvalue weighted by Crippen LogP contribution is -2.62. The molecule has 0 radical (unpaired) electrons. The van der Waals surface area contributed by atoms with Crippen LogP contribution >= 0.6 is 0 Å². The SMILES string of the molecule is CC1C(=O)C(=O)C=C2C1=CC=C1[C@]2(C)CC[C@]2(C)[C@H]3C[C@@](C)(C(=O)O)CC[C@@]3(C)CC[C@@]12C. The Kier molecular flexibility index (Phi) is 4.55. The van der Waals surface area contributed by atoms with Gasteiger partial charge in [-0.1, -0.05) is 52.3 Å². The molecule has 33 heavy (non-hydrogen) atoms. The van der Waals surface area contributed by atoms with Crippen LogP contribution in [-0.2, 0) is 14.4 Å². The van der Waals surface area contributed by atoms with Crippen LogP contribution in [0.5, 0.6) is 0 Å². The van der Waals surface area contributed by atoms with Crippen LogP contribution in [0.2, 0.25) is 0 Å². The molecule has 178 valence electrons. The highest BCUT2D eigenvalue weighted by molar-refractivity contribution is 6.44. The number of Topliss-reactive ketones (excluding diaryl/α,β-unsaturated/α-hetero) is 1. The van der Waals surface area contributed by atoms with Gasteiger partial charge in [0, 0.05) is 11.3 Å². The average molecular weight is 451 g/mol. The molecule has 3 saturated carbocycles. The van der Waals surface area contributed by atoms with E-state index in [1.165, 1.54) is 5.57 Å². The molecule has 0 aromatic rings. The van der Waals surface area contributed by atoms with Gasteiger partial charge >= 0.3 is 5.97 Å². The van der Waals surface area contributed by atoms with Crippen LogP contribution in [0.25, 0.3) is 0 Å². The van der Waals surface area contributed by atoms with Crippen molar-refractivity contribution in [3.63, 3.8) is 0 Å². The first-order valence-electron chi connectivity index (χ1n) is 12.7. The average Bonchev–Trinajstić information content (AvgIpc) is 2.75. The van der Waals surface area contributed by atoms with Crippen molar-refractivity contribution in [1.29, 1.82) is 0 Å². The van der Waals surface area contributed by atoms with Crippen LogP contribution in [0.4, 0.5) is 0 Å². The molecule has 5 rings (SSSR count). The fourth-order valence-corrected chi connectivity index (χ4v) is 8.78. The van der Waals surface area contributed by atoms with Gasteiger partial charge in [-0.3, -0.25) is 14.4 Å². The van der Waals surface area contributed by atoms with E-state index in [0.717, 1.165) is 56.1 Å². The first-order valence-corrected chi connectivity index (χ1v) is 12.7. The van der Waals surface area contributed by atoms with Crippen molar-refractivity contribution in [2.24, 2.45) is 38.9 Å². The monoisotopic (exact) mass is 450 g/mol. The number of fused-ring (bicyclic) bond motifs is 7. The summed E-state index contributed by atoms with van der Waals surface area (Å²) in [6.07, 6.45) is 12.6. The molecule has 4 heteroatoms. The predicted molar refractivity (Wildman–Crippen MR) is 127 cm³/mol. The van der Waals surface area contributed by atoms with E-state index in [9.17, 15) is 19.5 Å². The molecule has 0 aliphatic heterocycles. The van der Waals surface area contributed by atoms with Crippen LogP contribution in [0.15, 0.2) is 34.9 Å². The second-order valence-corrected chi connectivity index (χ2v) is 13.1. The van der Waals surface area contributed by atoms with Gasteiger partial charge in [-0.15, -0.1) is 0 Å². The number of carbonyl (C=O) groups is 3. The second-order valence-electron chi connectivity index (χ2n) is 13.1. The molecule has 4 nitrogen and oxygen atoms in total.